The summed E-state index contributed by atoms with van der Waals surface area (Å²) in [6.07, 6.45) is 5.53. The van der Waals surface area contributed by atoms with Crippen LogP contribution in [0.15, 0.2) is 43.1 Å². The normalized spacial score (nSPS) is 29.2. The van der Waals surface area contributed by atoms with Gasteiger partial charge in [-0.3, -0.25) is 9.88 Å². The van der Waals surface area contributed by atoms with Crippen LogP contribution in [0.5, 0.6) is 0 Å². The molecule has 0 spiro atoms. The van der Waals surface area contributed by atoms with Crippen LogP contribution in [-0.4, -0.2) is 39.2 Å². The topological polar surface area (TPSA) is 56.6 Å². The van der Waals surface area contributed by atoms with Crippen molar-refractivity contribution in [2.75, 3.05) is 13.1 Å². The number of aliphatic hydroxyl groups excluding tert-OH is 2. The van der Waals surface area contributed by atoms with Crippen LogP contribution in [0.3, 0.4) is 0 Å². The van der Waals surface area contributed by atoms with Gasteiger partial charge in [0, 0.05) is 24.2 Å². The van der Waals surface area contributed by atoms with Crippen LogP contribution in [0.2, 0.25) is 0 Å². The number of nitrogens with zero attached hydrogens (tertiary/aromatic N) is 2. The van der Waals surface area contributed by atoms with Gasteiger partial charge in [-0.1, -0.05) is 19.6 Å². The predicted molar refractivity (Wildman–Crippen MR) is 101 cm³/mol. The number of benzene rings is 1. The summed E-state index contributed by atoms with van der Waals surface area (Å²) in [5.41, 5.74) is 2.63. The number of rotatable bonds is 4. The van der Waals surface area contributed by atoms with Crippen LogP contribution in [0, 0.1) is 11.8 Å². The molecule has 2 aromatic rings. The van der Waals surface area contributed by atoms with Crippen LogP contribution in [0.25, 0.3) is 10.9 Å². The molecule has 5 rings (SSSR count). The lowest BCUT2D eigenvalue weighted by Crippen LogP contribution is -2.54. The maximum absolute atomic E-state index is 11.1. The van der Waals surface area contributed by atoms with E-state index in [-0.39, 0.29) is 20.1 Å². The summed E-state index contributed by atoms with van der Waals surface area (Å²) in [5.74, 6) is 1.19. The molecular weight excluding hydrogens is 312 g/mol. The van der Waals surface area contributed by atoms with Gasteiger partial charge >= 0.3 is 0 Å². The second kappa shape index (κ2) is 7.24. The highest BCUT2D eigenvalue weighted by Crippen LogP contribution is 2.42. The van der Waals surface area contributed by atoms with Gasteiger partial charge in [-0.15, -0.1) is 6.58 Å². The minimum Gasteiger partial charge on any atom is -0.392 e. The fraction of sp³-hybridized carbons (Fsp3) is 0.476. The van der Waals surface area contributed by atoms with Gasteiger partial charge in [0.15, 0.2) is 0 Å². The number of hydrogen-bond donors (Lipinski definition) is 2. The largest absolute Gasteiger partial charge is 0.392 e. The SMILES string of the molecule is C.C=CC1CN2CCC1C[C@H]2[C@H](O)c1ccnc2ccc(CO)cc12. The number of piperidine rings is 3. The van der Waals surface area contributed by atoms with Crippen molar-refractivity contribution < 1.29 is 10.2 Å². The van der Waals surface area contributed by atoms with E-state index in [4.69, 9.17) is 0 Å². The minimum atomic E-state index is -0.530. The third-order valence-corrected chi connectivity index (χ3v) is 5.86. The third-order valence-electron chi connectivity index (χ3n) is 5.86. The first-order chi connectivity index (χ1) is 11.7. The maximum atomic E-state index is 11.1. The Balaban J connectivity index is 0.00000182. The fourth-order valence-electron chi connectivity index (χ4n) is 4.48. The molecule has 2 N–H and O–H groups in total. The number of aromatic nitrogens is 1. The van der Waals surface area contributed by atoms with E-state index in [1.807, 2.05) is 24.3 Å². The van der Waals surface area contributed by atoms with Gasteiger partial charge < -0.3 is 10.2 Å². The van der Waals surface area contributed by atoms with Crippen molar-refractivity contribution in [3.63, 3.8) is 0 Å². The molecule has 3 saturated heterocycles. The molecule has 3 unspecified atom stereocenters. The van der Waals surface area contributed by atoms with Crippen LogP contribution in [0.4, 0.5) is 0 Å². The molecule has 3 fully saturated rings. The van der Waals surface area contributed by atoms with Crippen molar-refractivity contribution >= 4 is 10.9 Å². The molecule has 4 heterocycles. The molecule has 1 aromatic heterocycles. The third kappa shape index (κ3) is 3.10. The van der Waals surface area contributed by atoms with Crippen molar-refractivity contribution in [2.24, 2.45) is 11.8 Å². The Labute approximate surface area is 149 Å². The highest BCUT2D eigenvalue weighted by Gasteiger charge is 2.42. The molecule has 0 saturated carbocycles. The monoisotopic (exact) mass is 340 g/mol. The molecule has 0 aliphatic carbocycles. The summed E-state index contributed by atoms with van der Waals surface area (Å²) < 4.78 is 0. The Bertz CT molecular complexity index is 761. The molecule has 0 amide bonds. The zero-order valence-electron chi connectivity index (χ0n) is 13.8. The second-order valence-corrected chi connectivity index (χ2v) is 7.10. The van der Waals surface area contributed by atoms with Crippen LogP contribution < -0.4 is 0 Å². The average molecular weight is 340 g/mol. The zero-order chi connectivity index (χ0) is 16.7. The van der Waals surface area contributed by atoms with E-state index in [9.17, 15) is 10.2 Å². The quantitative estimate of drug-likeness (QED) is 0.839. The van der Waals surface area contributed by atoms with E-state index < -0.39 is 6.10 Å². The zero-order valence-corrected chi connectivity index (χ0v) is 13.8. The van der Waals surface area contributed by atoms with Gasteiger partial charge in [-0.2, -0.15) is 0 Å². The number of fused-ring (bicyclic) bond motifs is 4. The highest BCUT2D eigenvalue weighted by atomic mass is 16.3. The van der Waals surface area contributed by atoms with Crippen molar-refractivity contribution in [2.45, 2.75) is 39.0 Å². The van der Waals surface area contributed by atoms with Gasteiger partial charge in [0.1, 0.15) is 0 Å². The van der Waals surface area contributed by atoms with Crippen LogP contribution >= 0.6 is 0 Å². The highest BCUT2D eigenvalue weighted by molar-refractivity contribution is 5.83. The van der Waals surface area contributed by atoms with Crippen molar-refractivity contribution in [3.05, 3.63) is 54.2 Å². The minimum absolute atomic E-state index is 0. The van der Waals surface area contributed by atoms with Gasteiger partial charge in [-0.05, 0) is 60.5 Å². The first-order valence-corrected chi connectivity index (χ1v) is 8.74. The molecule has 4 heteroatoms. The molecule has 0 radical (unpaired) electrons. The van der Waals surface area contributed by atoms with Crippen molar-refractivity contribution in [3.8, 4) is 0 Å². The fourth-order valence-corrected chi connectivity index (χ4v) is 4.48. The predicted octanol–water partition coefficient (Wildman–Crippen LogP) is 3.29. The smallest absolute Gasteiger partial charge is 0.0952 e. The van der Waals surface area contributed by atoms with E-state index in [1.54, 1.807) is 6.20 Å². The summed E-state index contributed by atoms with van der Waals surface area (Å²) in [6.45, 7) is 6.03. The van der Waals surface area contributed by atoms with Gasteiger partial charge in [0.05, 0.1) is 18.2 Å². The molecule has 3 aliphatic rings. The average Bonchev–Trinajstić information content (AvgIpc) is 2.66. The van der Waals surface area contributed by atoms with Crippen molar-refractivity contribution in [1.29, 1.82) is 0 Å². The van der Waals surface area contributed by atoms with E-state index in [2.05, 4.69) is 22.5 Å². The Morgan fingerprint density at radius 2 is 2.20 bits per heavy atom. The lowest BCUT2D eigenvalue weighted by atomic mass is 9.73. The van der Waals surface area contributed by atoms with Gasteiger partial charge in [-0.25, -0.2) is 0 Å². The number of pyridine rings is 1. The first-order valence-electron chi connectivity index (χ1n) is 8.74. The molecule has 2 bridgehead atoms. The van der Waals surface area contributed by atoms with E-state index in [0.717, 1.165) is 41.5 Å². The lowest BCUT2D eigenvalue weighted by molar-refractivity contribution is -0.0444. The van der Waals surface area contributed by atoms with Gasteiger partial charge in [0.2, 0.25) is 0 Å². The molecular formula is C21H28N2O2. The summed E-state index contributed by atoms with van der Waals surface area (Å²) in [7, 11) is 0. The van der Waals surface area contributed by atoms with E-state index >= 15 is 0 Å². The molecule has 1 aromatic carbocycles. The van der Waals surface area contributed by atoms with Crippen molar-refractivity contribution in [1.82, 2.24) is 9.88 Å². The standard InChI is InChI=1S/C20H24N2O2.CH4/c1-2-14-11-22-8-6-15(14)10-19(22)20(24)16-5-7-21-18-4-3-13(12-23)9-17(16)18;/h2-5,7,9,14-15,19-20,23-24H,1,6,8,10-12H2;1H4/t14?,15?,19-,20+;/m0./s1. The molecule has 25 heavy (non-hydrogen) atoms. The Morgan fingerprint density at radius 1 is 1.36 bits per heavy atom. The summed E-state index contributed by atoms with van der Waals surface area (Å²) in [4.78, 5) is 6.81. The molecule has 5 atom stereocenters. The Morgan fingerprint density at radius 3 is 2.88 bits per heavy atom. The molecule has 4 nitrogen and oxygen atoms in total. The van der Waals surface area contributed by atoms with E-state index in [1.165, 1.54) is 6.42 Å². The molecule has 134 valence electrons. The van der Waals surface area contributed by atoms with E-state index in [0.29, 0.717) is 11.8 Å². The molecule has 3 aliphatic heterocycles. The second-order valence-electron chi connectivity index (χ2n) is 7.10. The summed E-state index contributed by atoms with van der Waals surface area (Å²) in [6, 6.07) is 7.82. The number of aliphatic hydroxyl groups is 2. The first kappa shape index (κ1) is 18.1. The van der Waals surface area contributed by atoms with Gasteiger partial charge in [0.25, 0.3) is 0 Å². The van der Waals surface area contributed by atoms with Crippen LogP contribution in [0.1, 0.15) is 37.5 Å². The van der Waals surface area contributed by atoms with Crippen LogP contribution in [-0.2, 0) is 6.61 Å². The summed E-state index contributed by atoms with van der Waals surface area (Å²) in [5, 5.41) is 21.5. The lowest BCUT2D eigenvalue weighted by Gasteiger charge is -2.50. The Kier molecular flexibility index (Phi) is 5.23. The summed E-state index contributed by atoms with van der Waals surface area (Å²) >= 11 is 0. The Hall–Kier alpha value is -1.75. The maximum Gasteiger partial charge on any atom is 0.0952 e. The number of hydrogen-bond acceptors (Lipinski definition) is 4.